The van der Waals surface area contributed by atoms with E-state index in [4.69, 9.17) is 14.8 Å². The van der Waals surface area contributed by atoms with E-state index in [0.717, 1.165) is 26.9 Å². The average molecular weight is 386 g/mol. The van der Waals surface area contributed by atoms with Crippen LogP contribution in [-0.4, -0.2) is 22.7 Å². The minimum Gasteiger partial charge on any atom is -0.482 e. The van der Waals surface area contributed by atoms with Gasteiger partial charge in [0.1, 0.15) is 10.8 Å². The van der Waals surface area contributed by atoms with E-state index >= 15 is 0 Å². The lowest BCUT2D eigenvalue weighted by atomic mass is 10.2. The first-order valence-corrected chi connectivity index (χ1v) is 9.92. The van der Waals surface area contributed by atoms with Gasteiger partial charge >= 0.3 is 5.97 Å². The maximum Gasteiger partial charge on any atom is 0.341 e. The van der Waals surface area contributed by atoms with E-state index in [9.17, 15) is 4.79 Å². The molecule has 1 N–H and O–H groups in total. The standard InChI is InChI=1S/C20H19NO3S2/c1-13-3-5-15(6-4-13)20-21-14(2)18(26-20)12-25-17-9-7-16(8-10-17)24-11-19(22)23/h3-10H,11-12H2,1-2H3,(H,22,23). The summed E-state index contributed by atoms with van der Waals surface area (Å²) in [4.78, 5) is 17.6. The SMILES string of the molecule is Cc1ccc(-c2nc(C)c(CSc3ccc(OCC(=O)O)cc3)s2)cc1. The van der Waals surface area contributed by atoms with Gasteiger partial charge in [0.05, 0.1) is 5.69 Å². The maximum absolute atomic E-state index is 10.5. The number of benzene rings is 2. The summed E-state index contributed by atoms with van der Waals surface area (Å²) in [5.74, 6) is 0.436. The van der Waals surface area contributed by atoms with Gasteiger partial charge in [0.15, 0.2) is 6.61 Å². The first-order chi connectivity index (χ1) is 12.5. The van der Waals surface area contributed by atoms with Gasteiger partial charge in [0, 0.05) is 21.1 Å². The molecule has 0 radical (unpaired) electrons. The van der Waals surface area contributed by atoms with Crippen molar-refractivity contribution in [1.29, 1.82) is 0 Å². The van der Waals surface area contributed by atoms with Crippen molar-refractivity contribution in [3.8, 4) is 16.3 Å². The number of thiazole rings is 1. The Balaban J connectivity index is 1.63. The third-order valence-corrected chi connectivity index (χ3v) is 6.17. The van der Waals surface area contributed by atoms with Gasteiger partial charge in [-0.1, -0.05) is 29.8 Å². The summed E-state index contributed by atoms with van der Waals surface area (Å²) in [6.07, 6.45) is 0. The van der Waals surface area contributed by atoms with Crippen LogP contribution >= 0.6 is 23.1 Å². The Morgan fingerprint density at radius 2 is 1.81 bits per heavy atom. The fourth-order valence-corrected chi connectivity index (χ4v) is 4.42. The number of carbonyl (C=O) groups is 1. The van der Waals surface area contributed by atoms with E-state index in [1.54, 1.807) is 35.2 Å². The first kappa shape index (κ1) is 18.5. The number of aromatic nitrogens is 1. The van der Waals surface area contributed by atoms with Crippen LogP contribution in [0, 0.1) is 13.8 Å². The topological polar surface area (TPSA) is 59.4 Å². The Morgan fingerprint density at radius 3 is 2.46 bits per heavy atom. The largest absolute Gasteiger partial charge is 0.482 e. The van der Waals surface area contributed by atoms with Gasteiger partial charge in [0.2, 0.25) is 0 Å². The van der Waals surface area contributed by atoms with E-state index in [-0.39, 0.29) is 6.61 Å². The minimum atomic E-state index is -0.978. The summed E-state index contributed by atoms with van der Waals surface area (Å²) in [5, 5.41) is 9.68. The van der Waals surface area contributed by atoms with Crippen LogP contribution in [0.25, 0.3) is 10.6 Å². The Kier molecular flexibility index (Phi) is 5.96. The molecule has 0 saturated carbocycles. The second-order valence-electron chi connectivity index (χ2n) is 5.84. The third kappa shape index (κ3) is 4.86. The predicted molar refractivity (Wildman–Crippen MR) is 106 cm³/mol. The van der Waals surface area contributed by atoms with Crippen molar-refractivity contribution >= 4 is 29.1 Å². The molecule has 0 aliphatic carbocycles. The van der Waals surface area contributed by atoms with E-state index in [1.807, 2.05) is 19.1 Å². The molecule has 0 bridgehead atoms. The number of carboxylic acids is 1. The Morgan fingerprint density at radius 1 is 1.12 bits per heavy atom. The van der Waals surface area contributed by atoms with Gasteiger partial charge in [-0.2, -0.15) is 0 Å². The lowest BCUT2D eigenvalue weighted by Gasteiger charge is -2.04. The van der Waals surface area contributed by atoms with Crippen molar-refractivity contribution in [2.45, 2.75) is 24.5 Å². The number of aliphatic carboxylic acids is 1. The van der Waals surface area contributed by atoms with Crippen LogP contribution in [-0.2, 0) is 10.5 Å². The quantitative estimate of drug-likeness (QED) is 0.568. The number of nitrogens with zero attached hydrogens (tertiary/aromatic N) is 1. The monoisotopic (exact) mass is 385 g/mol. The van der Waals surface area contributed by atoms with Crippen molar-refractivity contribution in [3.05, 3.63) is 64.7 Å². The summed E-state index contributed by atoms with van der Waals surface area (Å²) >= 11 is 3.46. The second kappa shape index (κ2) is 8.38. The second-order valence-corrected chi connectivity index (χ2v) is 7.97. The summed E-state index contributed by atoms with van der Waals surface area (Å²) in [7, 11) is 0. The summed E-state index contributed by atoms with van der Waals surface area (Å²) in [6, 6.07) is 15.9. The molecular formula is C20H19NO3S2. The highest BCUT2D eigenvalue weighted by Gasteiger charge is 2.10. The number of hydrogen-bond acceptors (Lipinski definition) is 5. The molecule has 0 amide bonds. The Hall–Kier alpha value is -2.31. The fourth-order valence-electron chi connectivity index (χ4n) is 2.31. The van der Waals surface area contributed by atoms with Crippen molar-refractivity contribution in [3.63, 3.8) is 0 Å². The molecule has 1 heterocycles. The Bertz CT molecular complexity index is 886. The zero-order valence-electron chi connectivity index (χ0n) is 14.6. The smallest absolute Gasteiger partial charge is 0.341 e. The molecule has 1 aromatic heterocycles. The number of thioether (sulfide) groups is 1. The molecule has 0 spiro atoms. The molecule has 0 unspecified atom stereocenters. The molecule has 4 nitrogen and oxygen atoms in total. The average Bonchev–Trinajstić information content (AvgIpc) is 3.00. The Labute approximate surface area is 160 Å². The molecule has 0 aliphatic rings. The summed E-state index contributed by atoms with van der Waals surface area (Å²) < 4.78 is 5.15. The molecule has 0 aliphatic heterocycles. The highest BCUT2D eigenvalue weighted by molar-refractivity contribution is 7.98. The molecule has 134 valence electrons. The summed E-state index contributed by atoms with van der Waals surface area (Å²) in [5.41, 5.74) is 3.47. The predicted octanol–water partition coefficient (Wildman–Crippen LogP) is 5.18. The molecule has 0 fully saturated rings. The van der Waals surface area contributed by atoms with Crippen molar-refractivity contribution in [1.82, 2.24) is 4.98 Å². The molecule has 3 aromatic rings. The first-order valence-electron chi connectivity index (χ1n) is 8.12. The summed E-state index contributed by atoms with van der Waals surface area (Å²) in [6.45, 7) is 3.80. The zero-order chi connectivity index (χ0) is 18.5. The molecule has 3 rings (SSSR count). The highest BCUT2D eigenvalue weighted by atomic mass is 32.2. The van der Waals surface area contributed by atoms with Crippen molar-refractivity contribution < 1.29 is 14.6 Å². The van der Waals surface area contributed by atoms with Gasteiger partial charge in [-0.15, -0.1) is 23.1 Å². The number of hydrogen-bond donors (Lipinski definition) is 1. The number of rotatable bonds is 7. The van der Waals surface area contributed by atoms with Crippen LogP contribution in [0.5, 0.6) is 5.75 Å². The van der Waals surface area contributed by atoms with E-state index in [1.165, 1.54) is 10.4 Å². The number of carboxylic acid groups (broad SMARTS) is 1. The number of ether oxygens (including phenoxy) is 1. The van der Waals surface area contributed by atoms with Crippen LogP contribution in [0.4, 0.5) is 0 Å². The molecule has 0 atom stereocenters. The zero-order valence-corrected chi connectivity index (χ0v) is 16.2. The van der Waals surface area contributed by atoms with E-state index in [0.29, 0.717) is 5.75 Å². The highest BCUT2D eigenvalue weighted by Crippen LogP contribution is 2.33. The lowest BCUT2D eigenvalue weighted by molar-refractivity contribution is -0.139. The molecular weight excluding hydrogens is 366 g/mol. The normalized spacial score (nSPS) is 10.7. The van der Waals surface area contributed by atoms with Gasteiger partial charge in [0.25, 0.3) is 0 Å². The molecule has 26 heavy (non-hydrogen) atoms. The van der Waals surface area contributed by atoms with Gasteiger partial charge in [-0.3, -0.25) is 0 Å². The third-order valence-electron chi connectivity index (χ3n) is 3.75. The fraction of sp³-hybridized carbons (Fsp3) is 0.200. The van der Waals surface area contributed by atoms with E-state index in [2.05, 4.69) is 31.2 Å². The van der Waals surface area contributed by atoms with Gasteiger partial charge in [-0.25, -0.2) is 9.78 Å². The van der Waals surface area contributed by atoms with Crippen LogP contribution in [0.3, 0.4) is 0 Å². The minimum absolute atomic E-state index is 0.325. The van der Waals surface area contributed by atoms with Crippen LogP contribution in [0.15, 0.2) is 53.4 Å². The lowest BCUT2D eigenvalue weighted by Crippen LogP contribution is -2.09. The van der Waals surface area contributed by atoms with Crippen LogP contribution < -0.4 is 4.74 Å². The van der Waals surface area contributed by atoms with Gasteiger partial charge in [-0.05, 0) is 38.1 Å². The van der Waals surface area contributed by atoms with Crippen molar-refractivity contribution in [2.75, 3.05) is 6.61 Å². The molecule has 6 heteroatoms. The molecule has 2 aromatic carbocycles. The van der Waals surface area contributed by atoms with Gasteiger partial charge < -0.3 is 9.84 Å². The van der Waals surface area contributed by atoms with Crippen molar-refractivity contribution in [2.24, 2.45) is 0 Å². The maximum atomic E-state index is 10.5. The van der Waals surface area contributed by atoms with Crippen LogP contribution in [0.1, 0.15) is 16.1 Å². The number of aryl methyl sites for hydroxylation is 2. The van der Waals surface area contributed by atoms with Crippen LogP contribution in [0.2, 0.25) is 0 Å². The van der Waals surface area contributed by atoms with E-state index < -0.39 is 5.97 Å². The molecule has 0 saturated heterocycles.